The van der Waals surface area contributed by atoms with E-state index in [0.29, 0.717) is 23.1 Å². The Hall–Kier alpha value is -1.79. The van der Waals surface area contributed by atoms with Crippen molar-refractivity contribution in [1.82, 2.24) is 25.0 Å². The normalized spacial score (nSPS) is 11.6. The van der Waals surface area contributed by atoms with Crippen molar-refractivity contribution < 1.29 is 0 Å². The molecule has 1 aromatic heterocycles. The molecule has 1 heterocycles. The Morgan fingerprint density at radius 3 is 2.78 bits per heavy atom. The van der Waals surface area contributed by atoms with Crippen molar-refractivity contribution >= 4 is 29.2 Å². The van der Waals surface area contributed by atoms with Gasteiger partial charge in [0.25, 0.3) is 0 Å². The van der Waals surface area contributed by atoms with Crippen LogP contribution in [-0.2, 0) is 19.6 Å². The Kier molecular flexibility index (Phi) is 6.24. The number of aliphatic imine (C=N–C) groups is 1. The minimum Gasteiger partial charge on any atom is -0.349 e. The third kappa shape index (κ3) is 4.59. The van der Waals surface area contributed by atoms with Gasteiger partial charge in [0.15, 0.2) is 11.8 Å². The molecule has 6 nitrogen and oxygen atoms in total. The van der Waals surface area contributed by atoms with Crippen LogP contribution in [0.4, 0.5) is 0 Å². The molecule has 0 saturated heterocycles. The number of rotatable bonds is 5. The molecule has 124 valence electrons. The fourth-order valence-electron chi connectivity index (χ4n) is 2.21. The maximum Gasteiger partial charge on any atom is 0.194 e. The number of nitrogens with zero attached hydrogens (tertiary/aromatic N) is 5. The highest BCUT2D eigenvalue weighted by atomic mass is 35.5. The Morgan fingerprint density at radius 1 is 1.35 bits per heavy atom. The van der Waals surface area contributed by atoms with Crippen LogP contribution in [0.25, 0.3) is 0 Å². The summed E-state index contributed by atoms with van der Waals surface area (Å²) in [6.45, 7) is 4.11. The lowest BCUT2D eigenvalue weighted by molar-refractivity contribution is 0.474. The first-order chi connectivity index (χ1) is 11.0. The molecule has 0 atom stereocenters. The third-order valence-corrected chi connectivity index (χ3v) is 4.16. The average Bonchev–Trinajstić information content (AvgIpc) is 2.99. The van der Waals surface area contributed by atoms with E-state index in [1.165, 1.54) is 0 Å². The molecular weight excluding hydrogens is 335 g/mol. The fourth-order valence-corrected chi connectivity index (χ4v) is 2.53. The third-order valence-electron chi connectivity index (χ3n) is 3.42. The van der Waals surface area contributed by atoms with E-state index in [1.807, 2.05) is 28.6 Å². The molecule has 1 N–H and O–H groups in total. The molecule has 0 aliphatic rings. The second-order valence-electron chi connectivity index (χ2n) is 5.04. The largest absolute Gasteiger partial charge is 0.349 e. The molecule has 0 fully saturated rings. The van der Waals surface area contributed by atoms with E-state index in [1.54, 1.807) is 19.4 Å². The topological polar surface area (TPSA) is 58.3 Å². The first-order valence-corrected chi connectivity index (χ1v) is 8.03. The second-order valence-corrected chi connectivity index (χ2v) is 5.85. The van der Waals surface area contributed by atoms with Crippen molar-refractivity contribution in [3.63, 3.8) is 0 Å². The summed E-state index contributed by atoms with van der Waals surface area (Å²) in [5.74, 6) is 1.64. The van der Waals surface area contributed by atoms with Crippen molar-refractivity contribution in [2.75, 3.05) is 14.1 Å². The lowest BCUT2D eigenvalue weighted by Gasteiger charge is -2.22. The lowest BCUT2D eigenvalue weighted by Crippen LogP contribution is -2.38. The van der Waals surface area contributed by atoms with E-state index in [4.69, 9.17) is 23.2 Å². The van der Waals surface area contributed by atoms with Gasteiger partial charge in [0.1, 0.15) is 6.33 Å². The molecule has 0 radical (unpaired) electrons. The summed E-state index contributed by atoms with van der Waals surface area (Å²) in [6, 6.07) is 5.61. The summed E-state index contributed by atoms with van der Waals surface area (Å²) in [5, 5.41) is 12.4. The smallest absolute Gasteiger partial charge is 0.194 e. The zero-order chi connectivity index (χ0) is 16.8. The summed E-state index contributed by atoms with van der Waals surface area (Å²) < 4.78 is 1.99. The highest BCUT2D eigenvalue weighted by Gasteiger charge is 2.10. The van der Waals surface area contributed by atoms with Crippen LogP contribution in [0, 0.1) is 0 Å². The van der Waals surface area contributed by atoms with Gasteiger partial charge in [0.05, 0.1) is 16.6 Å². The van der Waals surface area contributed by atoms with E-state index >= 15 is 0 Å². The van der Waals surface area contributed by atoms with Gasteiger partial charge < -0.3 is 14.8 Å². The van der Waals surface area contributed by atoms with Crippen molar-refractivity contribution in [2.24, 2.45) is 4.99 Å². The van der Waals surface area contributed by atoms with Crippen LogP contribution in [0.5, 0.6) is 0 Å². The summed E-state index contributed by atoms with van der Waals surface area (Å²) in [4.78, 5) is 6.30. The van der Waals surface area contributed by atoms with Crippen molar-refractivity contribution in [2.45, 2.75) is 26.6 Å². The van der Waals surface area contributed by atoms with Gasteiger partial charge >= 0.3 is 0 Å². The fraction of sp³-hybridized carbons (Fsp3) is 0.400. The molecule has 0 saturated carbocycles. The van der Waals surface area contributed by atoms with E-state index < -0.39 is 0 Å². The maximum atomic E-state index is 6.06. The number of guanidine groups is 1. The summed E-state index contributed by atoms with van der Waals surface area (Å²) >= 11 is 12.0. The van der Waals surface area contributed by atoms with Gasteiger partial charge in [-0.1, -0.05) is 29.3 Å². The predicted octanol–water partition coefficient (Wildman–Crippen LogP) is 2.81. The van der Waals surface area contributed by atoms with Crippen molar-refractivity contribution in [3.8, 4) is 0 Å². The summed E-state index contributed by atoms with van der Waals surface area (Å²) in [5.41, 5.74) is 1.06. The van der Waals surface area contributed by atoms with Crippen molar-refractivity contribution in [1.29, 1.82) is 0 Å². The van der Waals surface area contributed by atoms with Gasteiger partial charge in [-0.05, 0) is 24.6 Å². The van der Waals surface area contributed by atoms with E-state index in [9.17, 15) is 0 Å². The summed E-state index contributed by atoms with van der Waals surface area (Å²) in [7, 11) is 3.71. The predicted molar refractivity (Wildman–Crippen MR) is 93.8 cm³/mol. The number of aromatic nitrogens is 3. The van der Waals surface area contributed by atoms with E-state index in [-0.39, 0.29) is 0 Å². The first kappa shape index (κ1) is 17.6. The second kappa shape index (κ2) is 8.17. The Bertz CT molecular complexity index is 682. The Morgan fingerprint density at radius 2 is 2.13 bits per heavy atom. The van der Waals surface area contributed by atoms with Gasteiger partial charge in [0, 0.05) is 27.2 Å². The zero-order valence-electron chi connectivity index (χ0n) is 13.4. The van der Waals surface area contributed by atoms with Crippen LogP contribution in [0.1, 0.15) is 18.3 Å². The van der Waals surface area contributed by atoms with Crippen LogP contribution in [0.2, 0.25) is 10.0 Å². The molecule has 8 heteroatoms. The van der Waals surface area contributed by atoms with Crippen LogP contribution in [-0.4, -0.2) is 39.7 Å². The Balaban J connectivity index is 1.98. The molecule has 2 aromatic rings. The Labute approximate surface area is 146 Å². The van der Waals surface area contributed by atoms with Gasteiger partial charge in [-0.3, -0.25) is 4.99 Å². The molecule has 1 aromatic carbocycles. The minimum atomic E-state index is 0.552. The number of benzene rings is 1. The van der Waals surface area contributed by atoms with Crippen LogP contribution in [0.3, 0.4) is 0 Å². The molecule has 0 amide bonds. The highest BCUT2D eigenvalue weighted by Crippen LogP contribution is 2.23. The molecule has 0 aliphatic heterocycles. The van der Waals surface area contributed by atoms with Crippen LogP contribution < -0.4 is 5.32 Å². The van der Waals surface area contributed by atoms with E-state index in [0.717, 1.165) is 23.9 Å². The average molecular weight is 355 g/mol. The standard InChI is InChI=1S/C15H20Cl2N6/c1-4-23-10-20-21-14(23)8-19-15(18-2)22(3)9-11-5-6-12(16)13(17)7-11/h5-7,10H,4,8-9H2,1-3H3,(H,18,19). The number of halogens is 2. The monoisotopic (exact) mass is 354 g/mol. The molecule has 2 rings (SSSR count). The molecule has 0 unspecified atom stereocenters. The number of hydrogen-bond acceptors (Lipinski definition) is 3. The number of aryl methyl sites for hydroxylation is 1. The van der Waals surface area contributed by atoms with Crippen molar-refractivity contribution in [3.05, 3.63) is 46.0 Å². The van der Waals surface area contributed by atoms with Gasteiger partial charge in [-0.25, -0.2) is 0 Å². The number of hydrogen-bond donors (Lipinski definition) is 1. The molecule has 0 bridgehead atoms. The number of nitrogens with one attached hydrogen (secondary N) is 1. The lowest BCUT2D eigenvalue weighted by atomic mass is 10.2. The van der Waals surface area contributed by atoms with Crippen LogP contribution in [0.15, 0.2) is 29.5 Å². The quantitative estimate of drug-likeness (QED) is 0.662. The molecular formula is C15H20Cl2N6. The van der Waals surface area contributed by atoms with Gasteiger partial charge in [-0.15, -0.1) is 10.2 Å². The zero-order valence-corrected chi connectivity index (χ0v) is 14.9. The SMILES string of the molecule is CCn1cnnc1CNC(=NC)N(C)Cc1ccc(Cl)c(Cl)c1. The van der Waals surface area contributed by atoms with Gasteiger partial charge in [-0.2, -0.15) is 0 Å². The highest BCUT2D eigenvalue weighted by molar-refractivity contribution is 6.42. The summed E-state index contributed by atoms with van der Waals surface area (Å²) in [6.07, 6.45) is 1.72. The minimum absolute atomic E-state index is 0.552. The van der Waals surface area contributed by atoms with E-state index in [2.05, 4.69) is 27.4 Å². The first-order valence-electron chi connectivity index (χ1n) is 7.27. The molecule has 23 heavy (non-hydrogen) atoms. The molecule has 0 aliphatic carbocycles. The molecule has 0 spiro atoms. The van der Waals surface area contributed by atoms with Gasteiger partial charge in [0.2, 0.25) is 0 Å². The maximum absolute atomic E-state index is 6.06. The van der Waals surface area contributed by atoms with Crippen LogP contribution >= 0.6 is 23.2 Å².